The SMILES string of the molecule is CCCC[P+](CCCC)(CCCC)C(C1=C(O)c2ccccc2C(=O)C1=O)c1ccc(C#N)cc1. The molecule has 0 aliphatic heterocycles. The third kappa shape index (κ3) is 5.57. The summed E-state index contributed by atoms with van der Waals surface area (Å²) in [5, 5.41) is 20.9. The van der Waals surface area contributed by atoms with Crippen molar-refractivity contribution in [2.75, 3.05) is 18.5 Å². The van der Waals surface area contributed by atoms with Gasteiger partial charge in [-0.05, 0) is 37.0 Å². The van der Waals surface area contributed by atoms with Crippen LogP contribution in [0.25, 0.3) is 5.76 Å². The fourth-order valence-corrected chi connectivity index (χ4v) is 11.2. The van der Waals surface area contributed by atoms with Crippen molar-refractivity contribution in [1.29, 1.82) is 5.26 Å². The Morgan fingerprint density at radius 3 is 1.80 bits per heavy atom. The zero-order valence-electron chi connectivity index (χ0n) is 21.2. The Bertz CT molecular complexity index is 1110. The van der Waals surface area contributed by atoms with Crippen LogP contribution in [-0.2, 0) is 4.79 Å². The first kappa shape index (κ1) is 26.8. The van der Waals surface area contributed by atoms with E-state index in [1.54, 1.807) is 36.4 Å². The van der Waals surface area contributed by atoms with Gasteiger partial charge in [-0.15, -0.1) is 0 Å². The number of rotatable bonds is 12. The average molecular weight is 491 g/mol. The number of nitrogens with zero attached hydrogens (tertiary/aromatic N) is 1. The molecule has 1 atom stereocenters. The van der Waals surface area contributed by atoms with E-state index in [0.717, 1.165) is 62.6 Å². The highest BCUT2D eigenvalue weighted by molar-refractivity contribution is 7.76. The number of nitriles is 1. The predicted molar refractivity (Wildman–Crippen MR) is 145 cm³/mol. The maximum absolute atomic E-state index is 13.7. The van der Waals surface area contributed by atoms with E-state index in [1.807, 2.05) is 12.1 Å². The lowest BCUT2D eigenvalue weighted by Gasteiger charge is -2.37. The summed E-state index contributed by atoms with van der Waals surface area (Å²) in [6.45, 7) is 6.56. The highest BCUT2D eigenvalue weighted by Gasteiger charge is 2.52. The predicted octanol–water partition coefficient (Wildman–Crippen LogP) is 7.75. The van der Waals surface area contributed by atoms with Gasteiger partial charge in [0.05, 0.1) is 35.7 Å². The quantitative estimate of drug-likeness (QED) is 0.244. The molecule has 0 bridgehead atoms. The number of Topliss-reactive ketones (excluding diaryl/α,β-unsaturated/α-hetero) is 2. The molecule has 35 heavy (non-hydrogen) atoms. The molecular weight excluding hydrogens is 453 g/mol. The van der Waals surface area contributed by atoms with Gasteiger partial charge in [-0.2, -0.15) is 5.26 Å². The van der Waals surface area contributed by atoms with E-state index >= 15 is 0 Å². The number of fused-ring (bicyclic) bond motifs is 1. The molecular formula is C30H37NO3P+. The molecule has 0 aromatic heterocycles. The highest BCUT2D eigenvalue weighted by Crippen LogP contribution is 2.74. The van der Waals surface area contributed by atoms with E-state index in [9.17, 15) is 20.0 Å². The molecule has 1 N–H and O–H groups in total. The summed E-state index contributed by atoms with van der Waals surface area (Å²) in [5.74, 6) is -1.16. The molecule has 0 amide bonds. The molecule has 2 aromatic carbocycles. The number of aliphatic hydroxyl groups is 1. The Labute approximate surface area is 210 Å². The van der Waals surface area contributed by atoms with Crippen LogP contribution in [0.3, 0.4) is 0 Å². The highest BCUT2D eigenvalue weighted by atomic mass is 31.2. The van der Waals surface area contributed by atoms with Crippen LogP contribution in [-0.4, -0.2) is 35.2 Å². The first-order valence-corrected chi connectivity index (χ1v) is 15.3. The summed E-state index contributed by atoms with van der Waals surface area (Å²) in [7, 11) is -1.86. The van der Waals surface area contributed by atoms with E-state index < -0.39 is 18.8 Å². The number of aliphatic hydroxyl groups excluding tert-OH is 1. The number of hydrogen-bond acceptors (Lipinski definition) is 4. The van der Waals surface area contributed by atoms with Gasteiger partial charge in [0.15, 0.2) is 0 Å². The average Bonchev–Trinajstić information content (AvgIpc) is 2.90. The summed E-state index contributed by atoms with van der Waals surface area (Å²) in [6.07, 6.45) is 9.40. The maximum atomic E-state index is 13.7. The largest absolute Gasteiger partial charge is 0.507 e. The molecule has 0 fully saturated rings. The Morgan fingerprint density at radius 2 is 1.31 bits per heavy atom. The molecule has 0 saturated heterocycles. The van der Waals surface area contributed by atoms with Crippen LogP contribution in [0.5, 0.6) is 0 Å². The molecule has 5 heteroatoms. The zero-order valence-corrected chi connectivity index (χ0v) is 22.1. The second-order valence-corrected chi connectivity index (χ2v) is 13.8. The van der Waals surface area contributed by atoms with Crippen LogP contribution in [0.1, 0.15) is 92.0 Å². The van der Waals surface area contributed by atoms with Gasteiger partial charge in [0.2, 0.25) is 11.6 Å². The molecule has 1 aliphatic carbocycles. The van der Waals surface area contributed by atoms with Crippen molar-refractivity contribution in [3.05, 3.63) is 76.4 Å². The molecule has 3 rings (SSSR count). The Kier molecular flexibility index (Phi) is 9.41. The minimum atomic E-state index is -1.86. The summed E-state index contributed by atoms with van der Waals surface area (Å²) in [5.41, 5.74) is 2.17. The van der Waals surface area contributed by atoms with Crippen molar-refractivity contribution in [3.8, 4) is 6.07 Å². The van der Waals surface area contributed by atoms with Gasteiger partial charge < -0.3 is 5.11 Å². The fourth-order valence-electron chi connectivity index (χ4n) is 5.28. The van der Waals surface area contributed by atoms with Crippen molar-refractivity contribution in [1.82, 2.24) is 0 Å². The lowest BCUT2D eigenvalue weighted by molar-refractivity contribution is -0.112. The smallest absolute Gasteiger partial charge is 0.237 e. The van der Waals surface area contributed by atoms with E-state index in [2.05, 4.69) is 26.8 Å². The van der Waals surface area contributed by atoms with E-state index in [4.69, 9.17) is 0 Å². The minimum absolute atomic E-state index is 0.0477. The lowest BCUT2D eigenvalue weighted by atomic mass is 9.85. The van der Waals surface area contributed by atoms with Gasteiger partial charge in [0, 0.05) is 18.4 Å². The van der Waals surface area contributed by atoms with Gasteiger partial charge >= 0.3 is 0 Å². The Morgan fingerprint density at radius 1 is 0.800 bits per heavy atom. The molecule has 0 heterocycles. The van der Waals surface area contributed by atoms with Crippen LogP contribution < -0.4 is 0 Å². The molecule has 4 nitrogen and oxygen atoms in total. The monoisotopic (exact) mass is 490 g/mol. The van der Waals surface area contributed by atoms with E-state index in [1.165, 1.54) is 0 Å². The molecule has 1 aliphatic rings. The second kappa shape index (κ2) is 12.3. The number of benzene rings is 2. The molecule has 1 unspecified atom stereocenters. The van der Waals surface area contributed by atoms with Gasteiger partial charge in [0.25, 0.3) is 0 Å². The molecule has 184 valence electrons. The third-order valence-corrected chi connectivity index (χ3v) is 12.5. The van der Waals surface area contributed by atoms with Crippen molar-refractivity contribution in [3.63, 3.8) is 0 Å². The summed E-state index contributed by atoms with van der Waals surface area (Å²) >= 11 is 0. The zero-order chi connectivity index (χ0) is 25.4. The topological polar surface area (TPSA) is 78.2 Å². The standard InChI is InChI=1S/C30H36NO3P/c1-4-7-18-35(19-8-5-2,20-9-6-3)30(23-16-14-22(21-31)15-17-23)26-27(32)24-12-10-11-13-25(24)28(33)29(26)34/h10-17,30H,4-9,18-20H2,1-3H3/p+1. The van der Waals surface area contributed by atoms with Crippen LogP contribution in [0, 0.1) is 11.3 Å². The van der Waals surface area contributed by atoms with Crippen molar-refractivity contribution < 1.29 is 14.7 Å². The number of hydrogen-bond donors (Lipinski definition) is 1. The molecule has 2 aromatic rings. The van der Waals surface area contributed by atoms with Crippen LogP contribution in [0.15, 0.2) is 54.1 Å². The van der Waals surface area contributed by atoms with Crippen molar-refractivity contribution >= 4 is 24.6 Å². The number of carbonyl (C=O) groups is 2. The van der Waals surface area contributed by atoms with E-state index in [0.29, 0.717) is 11.1 Å². The number of unbranched alkanes of at least 4 members (excludes halogenated alkanes) is 3. The number of allylic oxidation sites excluding steroid dienone is 1. The second-order valence-electron chi connectivity index (χ2n) is 9.55. The summed E-state index contributed by atoms with van der Waals surface area (Å²) < 4.78 is 0. The Balaban J connectivity index is 2.33. The van der Waals surface area contributed by atoms with Crippen molar-refractivity contribution in [2.45, 2.75) is 65.0 Å². The number of carbonyl (C=O) groups excluding carboxylic acids is 2. The molecule has 0 radical (unpaired) electrons. The maximum Gasteiger partial charge on any atom is 0.237 e. The Hall–Kier alpha value is -2.76. The van der Waals surface area contributed by atoms with Crippen molar-refractivity contribution in [2.24, 2.45) is 0 Å². The third-order valence-electron chi connectivity index (χ3n) is 7.18. The normalized spacial score (nSPS) is 14.6. The minimum Gasteiger partial charge on any atom is -0.507 e. The lowest BCUT2D eigenvalue weighted by Crippen LogP contribution is -2.30. The van der Waals surface area contributed by atoms with Crippen LogP contribution in [0.2, 0.25) is 0 Å². The summed E-state index contributed by atoms with van der Waals surface area (Å²) in [4.78, 5) is 27.0. The first-order valence-electron chi connectivity index (χ1n) is 12.9. The van der Waals surface area contributed by atoms with Gasteiger partial charge in [-0.1, -0.05) is 76.4 Å². The number of ketones is 2. The van der Waals surface area contributed by atoms with Gasteiger partial charge in [0.1, 0.15) is 11.4 Å². The molecule has 0 spiro atoms. The van der Waals surface area contributed by atoms with E-state index in [-0.39, 0.29) is 22.6 Å². The van der Waals surface area contributed by atoms with Gasteiger partial charge in [-0.3, -0.25) is 9.59 Å². The van der Waals surface area contributed by atoms with Crippen LogP contribution >= 0.6 is 7.26 Å². The summed E-state index contributed by atoms with van der Waals surface area (Å²) in [6, 6.07) is 16.5. The molecule has 0 saturated carbocycles. The fraction of sp³-hybridized carbons (Fsp3) is 0.433. The van der Waals surface area contributed by atoms with Gasteiger partial charge in [-0.25, -0.2) is 0 Å². The first-order chi connectivity index (χ1) is 16.9. The van der Waals surface area contributed by atoms with Crippen LogP contribution in [0.4, 0.5) is 0 Å².